The lowest BCUT2D eigenvalue weighted by Crippen LogP contribution is -2.41. The molecule has 1 fully saturated rings. The summed E-state index contributed by atoms with van der Waals surface area (Å²) in [5.41, 5.74) is 1.66. The molecule has 0 aromatic heterocycles. The van der Waals surface area contributed by atoms with E-state index >= 15 is 0 Å². The molecule has 1 aromatic rings. The zero-order valence-electron chi connectivity index (χ0n) is 12.3. The van der Waals surface area contributed by atoms with Crippen molar-refractivity contribution in [3.8, 4) is 0 Å². The molecule has 1 atom stereocenters. The molecule has 114 valence electrons. The first kappa shape index (κ1) is 15.5. The van der Waals surface area contributed by atoms with Gasteiger partial charge in [0.1, 0.15) is 0 Å². The molecule has 1 aliphatic rings. The Labute approximate surface area is 125 Å². The maximum atomic E-state index is 12.3. The number of nitrogens with one attached hydrogen (secondary N) is 1. The zero-order valence-corrected chi connectivity index (χ0v) is 12.3. The van der Waals surface area contributed by atoms with Crippen molar-refractivity contribution in [3.05, 3.63) is 29.8 Å². The highest BCUT2D eigenvalue weighted by Crippen LogP contribution is 2.17. The molecule has 0 aliphatic carbocycles. The molecule has 2 rings (SSSR count). The fourth-order valence-electron chi connectivity index (χ4n) is 2.64. The third-order valence-corrected chi connectivity index (χ3v) is 3.76. The van der Waals surface area contributed by atoms with Gasteiger partial charge in [0, 0.05) is 32.3 Å². The Hall–Kier alpha value is -1.88. The Morgan fingerprint density at radius 2 is 2.05 bits per heavy atom. The summed E-state index contributed by atoms with van der Waals surface area (Å²) in [6, 6.07) is 7.32. The number of rotatable bonds is 4. The topological polar surface area (TPSA) is 69.6 Å². The van der Waals surface area contributed by atoms with Crippen LogP contribution in [0.2, 0.25) is 0 Å². The smallest absolute Gasteiger partial charge is 0.226 e. The van der Waals surface area contributed by atoms with Gasteiger partial charge in [0.15, 0.2) is 0 Å². The van der Waals surface area contributed by atoms with Gasteiger partial charge in [-0.1, -0.05) is 12.1 Å². The minimum atomic E-state index is -0.109. The summed E-state index contributed by atoms with van der Waals surface area (Å²) in [5.74, 6) is 0.201. The van der Waals surface area contributed by atoms with E-state index in [1.165, 1.54) is 6.92 Å². The summed E-state index contributed by atoms with van der Waals surface area (Å²) in [7, 11) is 0. The average Bonchev–Trinajstić information content (AvgIpc) is 2.49. The van der Waals surface area contributed by atoms with E-state index in [-0.39, 0.29) is 24.3 Å². The van der Waals surface area contributed by atoms with Gasteiger partial charge >= 0.3 is 0 Å². The van der Waals surface area contributed by atoms with Crippen molar-refractivity contribution >= 4 is 17.5 Å². The third kappa shape index (κ3) is 4.56. The van der Waals surface area contributed by atoms with Crippen LogP contribution in [0.3, 0.4) is 0 Å². The molecule has 2 N–H and O–H groups in total. The first-order chi connectivity index (χ1) is 10.1. The van der Waals surface area contributed by atoms with E-state index in [9.17, 15) is 14.7 Å². The van der Waals surface area contributed by atoms with Crippen molar-refractivity contribution in [2.24, 2.45) is 5.92 Å². The molecule has 1 aliphatic heterocycles. The summed E-state index contributed by atoms with van der Waals surface area (Å²) in [6.45, 7) is 3.04. The van der Waals surface area contributed by atoms with E-state index in [1.807, 2.05) is 17.0 Å². The van der Waals surface area contributed by atoms with Crippen LogP contribution in [0.5, 0.6) is 0 Å². The second kappa shape index (κ2) is 7.22. The zero-order chi connectivity index (χ0) is 15.2. The van der Waals surface area contributed by atoms with Gasteiger partial charge in [-0.15, -0.1) is 0 Å². The number of hydrogen-bond donors (Lipinski definition) is 2. The SMILES string of the molecule is CC(=O)Nc1ccc(CC(=O)N2CCCC(CO)C2)cc1. The van der Waals surface area contributed by atoms with Gasteiger partial charge in [0.25, 0.3) is 0 Å². The van der Waals surface area contributed by atoms with Crippen molar-refractivity contribution in [2.45, 2.75) is 26.2 Å². The lowest BCUT2D eigenvalue weighted by Gasteiger charge is -2.32. The van der Waals surface area contributed by atoms with Gasteiger partial charge in [-0.3, -0.25) is 9.59 Å². The molecule has 5 nitrogen and oxygen atoms in total. The number of anilines is 1. The van der Waals surface area contributed by atoms with Crippen LogP contribution in [0.25, 0.3) is 0 Å². The maximum absolute atomic E-state index is 12.3. The number of aliphatic hydroxyl groups is 1. The molecule has 0 radical (unpaired) electrons. The van der Waals surface area contributed by atoms with E-state index < -0.39 is 0 Å². The third-order valence-electron chi connectivity index (χ3n) is 3.76. The molecule has 0 saturated carbocycles. The Kier molecular flexibility index (Phi) is 5.33. The fraction of sp³-hybridized carbons (Fsp3) is 0.500. The molecule has 1 unspecified atom stereocenters. The first-order valence-electron chi connectivity index (χ1n) is 7.33. The highest BCUT2D eigenvalue weighted by Gasteiger charge is 2.22. The standard InChI is InChI=1S/C16H22N2O3/c1-12(20)17-15-6-4-13(5-7-15)9-16(21)18-8-2-3-14(10-18)11-19/h4-7,14,19H,2-3,8-11H2,1H3,(H,17,20). The van der Waals surface area contributed by atoms with E-state index in [0.717, 1.165) is 30.6 Å². The van der Waals surface area contributed by atoms with Crippen LogP contribution in [-0.4, -0.2) is 41.5 Å². The Morgan fingerprint density at radius 1 is 1.33 bits per heavy atom. The van der Waals surface area contributed by atoms with Gasteiger partial charge in [-0.25, -0.2) is 0 Å². The summed E-state index contributed by atoms with van der Waals surface area (Å²) in [4.78, 5) is 25.1. The van der Waals surface area contributed by atoms with Crippen LogP contribution in [0.4, 0.5) is 5.69 Å². The van der Waals surface area contributed by atoms with Crippen molar-refractivity contribution < 1.29 is 14.7 Å². The Bertz CT molecular complexity index is 499. The molecule has 5 heteroatoms. The van der Waals surface area contributed by atoms with Crippen LogP contribution in [0.15, 0.2) is 24.3 Å². The molecule has 1 saturated heterocycles. The monoisotopic (exact) mass is 290 g/mol. The molecular weight excluding hydrogens is 268 g/mol. The molecular formula is C16H22N2O3. The number of benzene rings is 1. The minimum Gasteiger partial charge on any atom is -0.396 e. The second-order valence-electron chi connectivity index (χ2n) is 5.59. The van der Waals surface area contributed by atoms with Crippen LogP contribution in [0.1, 0.15) is 25.3 Å². The molecule has 2 amide bonds. The number of amides is 2. The largest absolute Gasteiger partial charge is 0.396 e. The minimum absolute atomic E-state index is 0.0976. The average molecular weight is 290 g/mol. The molecule has 1 aromatic carbocycles. The number of nitrogens with zero attached hydrogens (tertiary/aromatic N) is 1. The molecule has 0 bridgehead atoms. The van der Waals surface area contributed by atoms with Crippen molar-refractivity contribution in [1.29, 1.82) is 0 Å². The number of hydrogen-bond acceptors (Lipinski definition) is 3. The number of carbonyl (C=O) groups excluding carboxylic acids is 2. The van der Waals surface area contributed by atoms with Gasteiger partial charge in [0.05, 0.1) is 6.42 Å². The quantitative estimate of drug-likeness (QED) is 0.881. The summed E-state index contributed by atoms with van der Waals surface area (Å²) < 4.78 is 0. The first-order valence-corrected chi connectivity index (χ1v) is 7.33. The lowest BCUT2D eigenvalue weighted by molar-refractivity contribution is -0.132. The molecule has 21 heavy (non-hydrogen) atoms. The van der Waals surface area contributed by atoms with E-state index in [4.69, 9.17) is 0 Å². The molecule has 0 spiro atoms. The van der Waals surface area contributed by atoms with E-state index in [0.29, 0.717) is 13.0 Å². The van der Waals surface area contributed by atoms with Crippen LogP contribution >= 0.6 is 0 Å². The Balaban J connectivity index is 1.91. The highest BCUT2D eigenvalue weighted by atomic mass is 16.3. The van der Waals surface area contributed by atoms with Crippen LogP contribution < -0.4 is 5.32 Å². The highest BCUT2D eigenvalue weighted by molar-refractivity contribution is 5.88. The van der Waals surface area contributed by atoms with Crippen molar-refractivity contribution in [1.82, 2.24) is 4.90 Å². The predicted molar refractivity (Wildman–Crippen MR) is 80.8 cm³/mol. The normalized spacial score (nSPS) is 18.4. The summed E-state index contributed by atoms with van der Waals surface area (Å²) in [6.07, 6.45) is 2.31. The van der Waals surface area contributed by atoms with Crippen LogP contribution in [-0.2, 0) is 16.0 Å². The molecule has 1 heterocycles. The van der Waals surface area contributed by atoms with E-state index in [2.05, 4.69) is 5.32 Å². The second-order valence-corrected chi connectivity index (χ2v) is 5.59. The Morgan fingerprint density at radius 3 is 2.67 bits per heavy atom. The summed E-state index contributed by atoms with van der Waals surface area (Å²) in [5, 5.41) is 11.9. The number of carbonyl (C=O) groups is 2. The number of likely N-dealkylation sites (tertiary alicyclic amines) is 1. The van der Waals surface area contributed by atoms with Gasteiger partial charge in [0.2, 0.25) is 11.8 Å². The van der Waals surface area contributed by atoms with Gasteiger partial charge < -0.3 is 15.3 Å². The summed E-state index contributed by atoms with van der Waals surface area (Å²) >= 11 is 0. The van der Waals surface area contributed by atoms with E-state index in [1.54, 1.807) is 12.1 Å². The van der Waals surface area contributed by atoms with Crippen molar-refractivity contribution in [2.75, 3.05) is 25.0 Å². The van der Waals surface area contributed by atoms with Crippen molar-refractivity contribution in [3.63, 3.8) is 0 Å². The van der Waals surface area contributed by atoms with Gasteiger partial charge in [-0.05, 0) is 36.5 Å². The fourth-order valence-corrected chi connectivity index (χ4v) is 2.64. The van der Waals surface area contributed by atoms with Gasteiger partial charge in [-0.2, -0.15) is 0 Å². The number of aliphatic hydroxyl groups excluding tert-OH is 1. The van der Waals surface area contributed by atoms with Crippen LogP contribution in [0, 0.1) is 5.92 Å². The number of piperidine rings is 1. The maximum Gasteiger partial charge on any atom is 0.226 e. The lowest BCUT2D eigenvalue weighted by atomic mass is 9.98. The predicted octanol–water partition coefficient (Wildman–Crippen LogP) is 1.42.